The van der Waals surface area contributed by atoms with Crippen molar-refractivity contribution >= 4 is 11.9 Å². The third-order valence-electron chi connectivity index (χ3n) is 4.06. The molecule has 1 N–H and O–H groups in total. The second-order valence-corrected chi connectivity index (χ2v) is 6.61. The molecule has 6 nitrogen and oxygen atoms in total. The molecule has 0 amide bonds. The summed E-state index contributed by atoms with van der Waals surface area (Å²) in [4.78, 5) is 23.4. The number of benzene rings is 2. The van der Waals surface area contributed by atoms with Crippen molar-refractivity contribution in [3.8, 4) is 5.75 Å². The molecule has 0 fully saturated rings. The number of carboxylic acid groups (broad SMARTS) is 1. The molecule has 2 aromatic carbocycles. The number of alkyl halides is 2. The first kappa shape index (κ1) is 22.3. The molecule has 0 aliphatic carbocycles. The third kappa shape index (κ3) is 5.51. The van der Waals surface area contributed by atoms with Crippen LogP contribution in [0.3, 0.4) is 0 Å². The van der Waals surface area contributed by atoms with E-state index in [1.54, 1.807) is 6.07 Å². The average molecular weight is 408 g/mol. The van der Waals surface area contributed by atoms with Gasteiger partial charge >= 0.3 is 17.9 Å². The van der Waals surface area contributed by atoms with Crippen LogP contribution in [0.1, 0.15) is 35.9 Å². The zero-order chi connectivity index (χ0) is 21.6. The molecule has 2 aromatic rings. The fraction of sp³-hybridized carbons (Fsp3) is 0.333. The standard InChI is InChI=1S/C21H22F2O6/c1-13(2)19(27-3)28-16-11-9-15(10-12-16)18(24)29-17(21(22,23)20(25)26)14-7-5-4-6-8-14/h4-13,17,19H,1-3H3,(H,25,26). The van der Waals surface area contributed by atoms with Crippen LogP contribution < -0.4 is 4.74 Å². The van der Waals surface area contributed by atoms with Crippen molar-refractivity contribution in [3.63, 3.8) is 0 Å². The summed E-state index contributed by atoms with van der Waals surface area (Å²) in [6, 6.07) is 12.6. The molecule has 0 bridgehead atoms. The number of aliphatic carboxylic acids is 1. The van der Waals surface area contributed by atoms with Crippen molar-refractivity contribution in [2.24, 2.45) is 5.92 Å². The van der Waals surface area contributed by atoms with Crippen LogP contribution in [0.2, 0.25) is 0 Å². The molecule has 0 spiro atoms. The molecule has 2 atom stereocenters. The number of hydrogen-bond donors (Lipinski definition) is 1. The van der Waals surface area contributed by atoms with E-state index >= 15 is 0 Å². The Kier molecular flexibility index (Phi) is 7.28. The molecule has 0 aliphatic rings. The summed E-state index contributed by atoms with van der Waals surface area (Å²) >= 11 is 0. The SMILES string of the molecule is COC(Oc1ccc(C(=O)OC(c2ccccc2)C(F)(F)C(=O)O)cc1)C(C)C. The van der Waals surface area contributed by atoms with E-state index in [9.17, 15) is 18.4 Å². The largest absolute Gasteiger partial charge is 0.477 e. The van der Waals surface area contributed by atoms with Crippen LogP contribution in [0.4, 0.5) is 8.78 Å². The lowest BCUT2D eigenvalue weighted by molar-refractivity contribution is -0.183. The van der Waals surface area contributed by atoms with Crippen LogP contribution in [-0.4, -0.2) is 36.4 Å². The number of methoxy groups -OCH3 is 1. The van der Waals surface area contributed by atoms with Crippen LogP contribution in [0.5, 0.6) is 5.75 Å². The first-order valence-electron chi connectivity index (χ1n) is 8.83. The Morgan fingerprint density at radius 1 is 1.00 bits per heavy atom. The van der Waals surface area contributed by atoms with Crippen molar-refractivity contribution in [2.45, 2.75) is 32.2 Å². The average Bonchev–Trinajstić information content (AvgIpc) is 2.70. The van der Waals surface area contributed by atoms with E-state index in [-0.39, 0.29) is 17.0 Å². The number of esters is 1. The second-order valence-electron chi connectivity index (χ2n) is 6.61. The van der Waals surface area contributed by atoms with E-state index in [2.05, 4.69) is 0 Å². The van der Waals surface area contributed by atoms with Crippen LogP contribution in [-0.2, 0) is 14.3 Å². The van der Waals surface area contributed by atoms with E-state index in [1.165, 1.54) is 55.6 Å². The van der Waals surface area contributed by atoms with Gasteiger partial charge in [-0.2, -0.15) is 8.78 Å². The van der Waals surface area contributed by atoms with Gasteiger partial charge in [0.1, 0.15) is 5.75 Å². The number of carbonyl (C=O) groups excluding carboxylic acids is 1. The van der Waals surface area contributed by atoms with Crippen molar-refractivity contribution < 1.29 is 37.7 Å². The van der Waals surface area contributed by atoms with Gasteiger partial charge in [0.2, 0.25) is 12.4 Å². The van der Waals surface area contributed by atoms with E-state index in [0.29, 0.717) is 5.75 Å². The summed E-state index contributed by atoms with van der Waals surface area (Å²) in [5.74, 6) is -7.28. The van der Waals surface area contributed by atoms with Gasteiger partial charge in [-0.1, -0.05) is 44.2 Å². The van der Waals surface area contributed by atoms with Crippen LogP contribution in [0.25, 0.3) is 0 Å². The highest BCUT2D eigenvalue weighted by Crippen LogP contribution is 2.35. The summed E-state index contributed by atoms with van der Waals surface area (Å²) in [7, 11) is 1.50. The predicted octanol–water partition coefficient (Wildman–Crippen LogP) is 4.31. The van der Waals surface area contributed by atoms with Gasteiger partial charge in [0.05, 0.1) is 5.56 Å². The molecule has 8 heteroatoms. The highest BCUT2D eigenvalue weighted by Gasteiger charge is 2.51. The molecule has 0 aliphatic heterocycles. The lowest BCUT2D eigenvalue weighted by Crippen LogP contribution is -2.38. The Morgan fingerprint density at radius 2 is 1.59 bits per heavy atom. The molecule has 2 unspecified atom stereocenters. The Hall–Kier alpha value is -3.00. The molecule has 0 radical (unpaired) electrons. The van der Waals surface area contributed by atoms with E-state index in [4.69, 9.17) is 19.3 Å². The summed E-state index contributed by atoms with van der Waals surface area (Å²) in [6.07, 6.45) is -2.77. The molecule has 0 aromatic heterocycles. The number of carbonyl (C=O) groups is 2. The minimum absolute atomic E-state index is 0.0296. The summed E-state index contributed by atoms with van der Waals surface area (Å²) in [5.41, 5.74) is -0.161. The zero-order valence-electron chi connectivity index (χ0n) is 16.2. The van der Waals surface area contributed by atoms with Gasteiger partial charge in [0.25, 0.3) is 0 Å². The van der Waals surface area contributed by atoms with Gasteiger partial charge in [-0.15, -0.1) is 0 Å². The fourth-order valence-electron chi connectivity index (χ4n) is 2.53. The molecule has 29 heavy (non-hydrogen) atoms. The molecular weight excluding hydrogens is 386 g/mol. The number of halogens is 2. The Bertz CT molecular complexity index is 821. The van der Waals surface area contributed by atoms with Crippen LogP contribution >= 0.6 is 0 Å². The molecule has 156 valence electrons. The molecule has 0 heterocycles. The van der Waals surface area contributed by atoms with E-state index < -0.39 is 30.3 Å². The summed E-state index contributed by atoms with van der Waals surface area (Å²) in [6.45, 7) is 3.82. The van der Waals surface area contributed by atoms with Crippen molar-refractivity contribution in [2.75, 3.05) is 7.11 Å². The fourth-order valence-corrected chi connectivity index (χ4v) is 2.53. The number of ether oxygens (including phenoxy) is 3. The predicted molar refractivity (Wildman–Crippen MR) is 99.9 cm³/mol. The van der Waals surface area contributed by atoms with Crippen LogP contribution in [0, 0.1) is 5.92 Å². The first-order chi connectivity index (χ1) is 13.7. The Balaban J connectivity index is 2.20. The summed E-state index contributed by atoms with van der Waals surface area (Å²) in [5, 5.41) is 8.88. The molecular formula is C21H22F2O6. The van der Waals surface area contributed by atoms with Crippen molar-refractivity contribution in [3.05, 3.63) is 65.7 Å². The van der Waals surface area contributed by atoms with Crippen LogP contribution in [0.15, 0.2) is 54.6 Å². The maximum Gasteiger partial charge on any atom is 0.382 e. The van der Waals surface area contributed by atoms with Gasteiger partial charge in [0, 0.05) is 13.0 Å². The topological polar surface area (TPSA) is 82.1 Å². The van der Waals surface area contributed by atoms with Crippen molar-refractivity contribution in [1.29, 1.82) is 0 Å². The maximum absolute atomic E-state index is 14.2. The zero-order valence-corrected chi connectivity index (χ0v) is 16.2. The highest BCUT2D eigenvalue weighted by atomic mass is 19.3. The maximum atomic E-state index is 14.2. The van der Waals surface area contributed by atoms with E-state index in [1.807, 2.05) is 13.8 Å². The van der Waals surface area contributed by atoms with Gasteiger partial charge in [0.15, 0.2) is 0 Å². The normalized spacial score (nSPS) is 13.6. The summed E-state index contributed by atoms with van der Waals surface area (Å²) < 4.78 is 44.1. The minimum atomic E-state index is -4.30. The van der Waals surface area contributed by atoms with Gasteiger partial charge in [-0.3, -0.25) is 0 Å². The number of carboxylic acids is 1. The lowest BCUT2D eigenvalue weighted by atomic mass is 10.0. The Morgan fingerprint density at radius 3 is 2.07 bits per heavy atom. The van der Waals surface area contributed by atoms with Gasteiger partial charge < -0.3 is 19.3 Å². The van der Waals surface area contributed by atoms with Crippen molar-refractivity contribution in [1.82, 2.24) is 0 Å². The Labute approximate surface area is 167 Å². The molecule has 2 rings (SSSR count). The van der Waals surface area contributed by atoms with Gasteiger partial charge in [-0.25, -0.2) is 9.59 Å². The van der Waals surface area contributed by atoms with E-state index in [0.717, 1.165) is 0 Å². The number of hydrogen-bond acceptors (Lipinski definition) is 5. The molecule has 0 saturated carbocycles. The quantitative estimate of drug-likeness (QED) is 0.492. The smallest absolute Gasteiger partial charge is 0.382 e. The monoisotopic (exact) mass is 408 g/mol. The second kappa shape index (κ2) is 9.47. The number of rotatable bonds is 9. The highest BCUT2D eigenvalue weighted by molar-refractivity contribution is 5.90. The first-order valence-corrected chi connectivity index (χ1v) is 8.83. The minimum Gasteiger partial charge on any atom is -0.477 e. The third-order valence-corrected chi connectivity index (χ3v) is 4.06. The van der Waals surface area contributed by atoms with Gasteiger partial charge in [-0.05, 0) is 29.8 Å². The molecule has 0 saturated heterocycles. The lowest BCUT2D eigenvalue weighted by Gasteiger charge is -2.24.